The van der Waals surface area contributed by atoms with Crippen LogP contribution in [-0.4, -0.2) is 32.2 Å². The lowest BCUT2D eigenvalue weighted by atomic mass is 10.2. The third-order valence-electron chi connectivity index (χ3n) is 3.37. The second-order valence-electron chi connectivity index (χ2n) is 5.34. The third kappa shape index (κ3) is 6.79. The second-order valence-corrected chi connectivity index (χ2v) is 6.26. The minimum atomic E-state index is -0.617. The Hall–Kier alpha value is -2.80. The average Bonchev–Trinajstić information content (AvgIpc) is 2.67. The molecular formula is C20H20BrNO5. The molecule has 6 nitrogen and oxygen atoms in total. The number of nitrogens with one attached hydrogen (secondary N) is 1. The summed E-state index contributed by atoms with van der Waals surface area (Å²) in [5, 5.41) is 2.64. The van der Waals surface area contributed by atoms with E-state index in [2.05, 4.69) is 21.2 Å². The zero-order valence-electron chi connectivity index (χ0n) is 15.0. The van der Waals surface area contributed by atoms with Crippen molar-refractivity contribution in [3.63, 3.8) is 0 Å². The van der Waals surface area contributed by atoms with Gasteiger partial charge >= 0.3 is 5.97 Å². The first-order chi connectivity index (χ1) is 13.0. The summed E-state index contributed by atoms with van der Waals surface area (Å²) < 4.78 is 16.5. The quantitative estimate of drug-likeness (QED) is 0.501. The van der Waals surface area contributed by atoms with E-state index in [-0.39, 0.29) is 6.61 Å². The van der Waals surface area contributed by atoms with E-state index in [0.717, 1.165) is 10.0 Å². The number of amides is 1. The van der Waals surface area contributed by atoms with Crippen LogP contribution in [0.2, 0.25) is 0 Å². The number of hydrogen-bond donors (Lipinski definition) is 1. The summed E-state index contributed by atoms with van der Waals surface area (Å²) in [6, 6.07) is 12.4. The van der Waals surface area contributed by atoms with E-state index in [4.69, 9.17) is 14.2 Å². The first-order valence-electron chi connectivity index (χ1n) is 8.23. The Morgan fingerprint density at radius 2 is 1.85 bits per heavy atom. The molecule has 2 aromatic rings. The third-order valence-corrected chi connectivity index (χ3v) is 3.90. The Bertz CT molecular complexity index is 818. The number of hydrogen-bond acceptors (Lipinski definition) is 5. The van der Waals surface area contributed by atoms with Crippen molar-refractivity contribution in [1.29, 1.82) is 0 Å². The zero-order valence-corrected chi connectivity index (χ0v) is 16.6. The van der Waals surface area contributed by atoms with Crippen LogP contribution in [0, 0.1) is 0 Å². The molecule has 7 heteroatoms. The van der Waals surface area contributed by atoms with Gasteiger partial charge in [0, 0.05) is 16.2 Å². The first kappa shape index (κ1) is 20.5. The molecule has 0 saturated heterocycles. The smallest absolute Gasteiger partial charge is 0.331 e. The van der Waals surface area contributed by atoms with Gasteiger partial charge in [0.05, 0.1) is 13.7 Å². The molecule has 0 unspecified atom stereocenters. The molecular weight excluding hydrogens is 414 g/mol. The van der Waals surface area contributed by atoms with Crippen molar-refractivity contribution in [2.75, 3.05) is 25.6 Å². The summed E-state index contributed by atoms with van der Waals surface area (Å²) in [6.45, 7) is 2.04. The summed E-state index contributed by atoms with van der Waals surface area (Å²) >= 11 is 3.31. The van der Waals surface area contributed by atoms with Gasteiger partial charge in [-0.25, -0.2) is 4.79 Å². The Morgan fingerprint density at radius 3 is 2.52 bits per heavy atom. The van der Waals surface area contributed by atoms with Crippen LogP contribution in [0.3, 0.4) is 0 Å². The van der Waals surface area contributed by atoms with Crippen LogP contribution >= 0.6 is 15.9 Å². The topological polar surface area (TPSA) is 73.9 Å². The van der Waals surface area contributed by atoms with Gasteiger partial charge in [0.1, 0.15) is 0 Å². The fraction of sp³-hybridized carbons (Fsp3) is 0.200. The lowest BCUT2D eigenvalue weighted by molar-refractivity contribution is -0.142. The number of anilines is 1. The minimum Gasteiger partial charge on any atom is -0.493 e. The Kier molecular flexibility index (Phi) is 7.88. The number of rotatable bonds is 8. The molecule has 0 heterocycles. The molecule has 2 aromatic carbocycles. The molecule has 0 aliphatic heterocycles. The maximum absolute atomic E-state index is 11.8. The van der Waals surface area contributed by atoms with Gasteiger partial charge in [0.2, 0.25) is 0 Å². The van der Waals surface area contributed by atoms with Crippen LogP contribution in [0.1, 0.15) is 12.5 Å². The Balaban J connectivity index is 1.85. The second kappa shape index (κ2) is 10.4. The first-order valence-corrected chi connectivity index (χ1v) is 9.02. The van der Waals surface area contributed by atoms with Crippen LogP contribution in [0.5, 0.6) is 11.5 Å². The van der Waals surface area contributed by atoms with E-state index in [0.29, 0.717) is 23.8 Å². The molecule has 0 saturated carbocycles. The van der Waals surface area contributed by atoms with Gasteiger partial charge in [-0.2, -0.15) is 0 Å². The summed E-state index contributed by atoms with van der Waals surface area (Å²) in [7, 11) is 1.55. The van der Waals surface area contributed by atoms with Crippen molar-refractivity contribution in [3.8, 4) is 11.5 Å². The molecule has 0 aromatic heterocycles. The Morgan fingerprint density at radius 1 is 1.11 bits per heavy atom. The standard InChI is InChI=1S/C20H20BrNO5/c1-3-26-17-10-4-14(12-18(17)25-2)5-11-20(24)27-13-19(23)22-16-8-6-15(21)7-9-16/h4-12H,3,13H2,1-2H3,(H,22,23)/b11-5+. The van der Waals surface area contributed by atoms with Crippen LogP contribution < -0.4 is 14.8 Å². The highest BCUT2D eigenvalue weighted by atomic mass is 79.9. The fourth-order valence-electron chi connectivity index (χ4n) is 2.14. The van der Waals surface area contributed by atoms with Gasteiger partial charge in [0.25, 0.3) is 5.91 Å². The predicted octanol–water partition coefficient (Wildman–Crippen LogP) is 4.05. The Labute approximate surface area is 166 Å². The SMILES string of the molecule is CCOc1ccc(/C=C/C(=O)OCC(=O)Nc2ccc(Br)cc2)cc1OC. The summed E-state index contributed by atoms with van der Waals surface area (Å²) in [4.78, 5) is 23.6. The van der Waals surface area contributed by atoms with E-state index in [1.807, 2.05) is 6.92 Å². The van der Waals surface area contributed by atoms with Crippen LogP contribution in [0.4, 0.5) is 5.69 Å². The monoisotopic (exact) mass is 433 g/mol. The number of esters is 1. The average molecular weight is 434 g/mol. The van der Waals surface area contributed by atoms with Crippen LogP contribution in [0.25, 0.3) is 6.08 Å². The number of halogens is 1. The van der Waals surface area contributed by atoms with Crippen molar-refractivity contribution in [3.05, 3.63) is 58.6 Å². The summed E-state index contributed by atoms with van der Waals surface area (Å²) in [6.07, 6.45) is 2.83. The number of ether oxygens (including phenoxy) is 3. The minimum absolute atomic E-state index is 0.369. The summed E-state index contributed by atoms with van der Waals surface area (Å²) in [5.41, 5.74) is 1.36. The van der Waals surface area contributed by atoms with Gasteiger partial charge in [-0.3, -0.25) is 4.79 Å². The van der Waals surface area contributed by atoms with Gasteiger partial charge < -0.3 is 19.5 Å². The molecule has 27 heavy (non-hydrogen) atoms. The largest absolute Gasteiger partial charge is 0.493 e. The van der Waals surface area contributed by atoms with Crippen LogP contribution in [-0.2, 0) is 14.3 Å². The number of methoxy groups -OCH3 is 1. The molecule has 0 spiro atoms. The van der Waals surface area contributed by atoms with Crippen molar-refractivity contribution < 1.29 is 23.8 Å². The molecule has 0 atom stereocenters. The highest BCUT2D eigenvalue weighted by molar-refractivity contribution is 9.10. The van der Waals surface area contributed by atoms with Crippen molar-refractivity contribution in [2.24, 2.45) is 0 Å². The molecule has 0 radical (unpaired) electrons. The van der Waals surface area contributed by atoms with Gasteiger partial charge in [-0.1, -0.05) is 22.0 Å². The van der Waals surface area contributed by atoms with E-state index in [1.54, 1.807) is 55.7 Å². The number of benzene rings is 2. The maximum atomic E-state index is 11.8. The van der Waals surface area contributed by atoms with Gasteiger partial charge in [0.15, 0.2) is 18.1 Å². The normalized spacial score (nSPS) is 10.5. The molecule has 2 rings (SSSR count). The van der Waals surface area contributed by atoms with E-state index in [9.17, 15) is 9.59 Å². The van der Waals surface area contributed by atoms with Crippen molar-refractivity contribution >= 4 is 39.6 Å². The molecule has 0 aliphatic carbocycles. The van der Waals surface area contributed by atoms with Crippen LogP contribution in [0.15, 0.2) is 53.0 Å². The molecule has 0 aliphatic rings. The van der Waals surface area contributed by atoms with Gasteiger partial charge in [-0.15, -0.1) is 0 Å². The molecule has 0 fully saturated rings. The lowest BCUT2D eigenvalue weighted by Gasteiger charge is -2.09. The van der Waals surface area contributed by atoms with E-state index < -0.39 is 11.9 Å². The maximum Gasteiger partial charge on any atom is 0.331 e. The molecule has 0 bridgehead atoms. The van der Waals surface area contributed by atoms with E-state index >= 15 is 0 Å². The highest BCUT2D eigenvalue weighted by Gasteiger charge is 2.07. The zero-order chi connectivity index (χ0) is 19.6. The number of carbonyl (C=O) groups excluding carboxylic acids is 2. The van der Waals surface area contributed by atoms with Crippen molar-refractivity contribution in [1.82, 2.24) is 0 Å². The lowest BCUT2D eigenvalue weighted by Crippen LogP contribution is -2.20. The summed E-state index contributed by atoms with van der Waals surface area (Å²) in [5.74, 6) is 0.168. The molecule has 1 N–H and O–H groups in total. The fourth-order valence-corrected chi connectivity index (χ4v) is 2.41. The predicted molar refractivity (Wildman–Crippen MR) is 107 cm³/mol. The molecule has 1 amide bonds. The number of carbonyl (C=O) groups is 2. The highest BCUT2D eigenvalue weighted by Crippen LogP contribution is 2.28. The van der Waals surface area contributed by atoms with Crippen molar-refractivity contribution in [2.45, 2.75) is 6.92 Å². The van der Waals surface area contributed by atoms with E-state index in [1.165, 1.54) is 6.08 Å². The molecule has 142 valence electrons. The van der Waals surface area contributed by atoms with Gasteiger partial charge in [-0.05, 0) is 55.0 Å².